The van der Waals surface area contributed by atoms with Gasteiger partial charge in [0.25, 0.3) is 0 Å². The molecule has 1 atom stereocenters. The molecule has 1 aromatic heterocycles. The van der Waals surface area contributed by atoms with Crippen LogP contribution in [0.2, 0.25) is 10.0 Å². The van der Waals surface area contributed by atoms with Crippen LogP contribution in [-0.4, -0.2) is 15.7 Å². The molecule has 0 N–H and O–H groups in total. The third-order valence-corrected chi connectivity index (χ3v) is 6.90. The van der Waals surface area contributed by atoms with Gasteiger partial charge in [0, 0.05) is 27.4 Å². The normalized spacial score (nSPS) is 15.4. The number of anilines is 1. The van der Waals surface area contributed by atoms with Crippen molar-refractivity contribution >= 4 is 45.8 Å². The van der Waals surface area contributed by atoms with E-state index in [4.69, 9.17) is 38.3 Å². The number of hydrogen-bond donors (Lipinski definition) is 0. The molecule has 1 aliphatic heterocycles. The first-order valence-electron chi connectivity index (χ1n) is 11.8. The SMILES string of the molecule is Cc1cccc(C2=NN(c3nc(-c4ccccc4)c4cc(Cl)ccc4n3)[C@@H](c3ccc(Cl)cc3)C2)c1. The summed E-state index contributed by atoms with van der Waals surface area (Å²) in [5, 5.41) is 9.28. The van der Waals surface area contributed by atoms with E-state index in [1.54, 1.807) is 0 Å². The molecule has 4 nitrogen and oxygen atoms in total. The second kappa shape index (κ2) is 9.38. The molecule has 2 heterocycles. The summed E-state index contributed by atoms with van der Waals surface area (Å²) in [5.41, 5.74) is 7.05. The van der Waals surface area contributed by atoms with E-state index < -0.39 is 0 Å². The minimum atomic E-state index is -0.0637. The maximum absolute atomic E-state index is 6.36. The lowest BCUT2D eigenvalue weighted by Gasteiger charge is -2.23. The van der Waals surface area contributed by atoms with Gasteiger partial charge in [0.05, 0.1) is 23.0 Å². The van der Waals surface area contributed by atoms with Crippen molar-refractivity contribution in [1.82, 2.24) is 9.97 Å². The van der Waals surface area contributed by atoms with Crippen LogP contribution in [-0.2, 0) is 0 Å². The summed E-state index contributed by atoms with van der Waals surface area (Å²) in [6.07, 6.45) is 0.730. The fourth-order valence-electron chi connectivity index (χ4n) is 4.65. The summed E-state index contributed by atoms with van der Waals surface area (Å²) in [6.45, 7) is 2.09. The smallest absolute Gasteiger partial charge is 0.223 e. The summed E-state index contributed by atoms with van der Waals surface area (Å²) < 4.78 is 0. The molecule has 0 radical (unpaired) electrons. The van der Waals surface area contributed by atoms with Crippen LogP contribution in [0.15, 0.2) is 102 Å². The number of hydrazone groups is 1. The lowest BCUT2D eigenvalue weighted by atomic mass is 9.98. The molecule has 0 saturated heterocycles. The van der Waals surface area contributed by atoms with E-state index in [1.807, 2.05) is 65.7 Å². The number of halogens is 2. The number of rotatable bonds is 4. The maximum Gasteiger partial charge on any atom is 0.247 e. The Kier molecular flexibility index (Phi) is 5.92. The predicted octanol–water partition coefficient (Wildman–Crippen LogP) is 8.27. The van der Waals surface area contributed by atoms with Crippen LogP contribution in [0, 0.1) is 6.92 Å². The van der Waals surface area contributed by atoms with Crippen molar-refractivity contribution in [2.24, 2.45) is 5.10 Å². The summed E-state index contributed by atoms with van der Waals surface area (Å²) in [5.74, 6) is 0.547. The third kappa shape index (κ3) is 4.34. The van der Waals surface area contributed by atoms with Gasteiger partial charge < -0.3 is 0 Å². The maximum atomic E-state index is 6.36. The zero-order valence-corrected chi connectivity index (χ0v) is 21.1. The van der Waals surface area contributed by atoms with Crippen molar-refractivity contribution in [3.8, 4) is 11.3 Å². The van der Waals surface area contributed by atoms with Gasteiger partial charge in [-0.05, 0) is 48.4 Å². The van der Waals surface area contributed by atoms with Gasteiger partial charge in [-0.2, -0.15) is 5.10 Å². The molecule has 4 aromatic carbocycles. The Labute approximate surface area is 219 Å². The highest BCUT2D eigenvalue weighted by atomic mass is 35.5. The van der Waals surface area contributed by atoms with Gasteiger partial charge in [-0.15, -0.1) is 0 Å². The monoisotopic (exact) mass is 508 g/mol. The molecule has 0 amide bonds. The van der Waals surface area contributed by atoms with Crippen LogP contribution in [0.3, 0.4) is 0 Å². The quantitative estimate of drug-likeness (QED) is 0.245. The first-order chi connectivity index (χ1) is 17.5. The molecule has 176 valence electrons. The number of hydrogen-bond acceptors (Lipinski definition) is 4. The van der Waals surface area contributed by atoms with Gasteiger partial charge in [0.1, 0.15) is 0 Å². The number of benzene rings is 4. The van der Waals surface area contributed by atoms with Crippen LogP contribution >= 0.6 is 23.2 Å². The molecular formula is C30H22Cl2N4. The van der Waals surface area contributed by atoms with E-state index in [1.165, 1.54) is 5.56 Å². The topological polar surface area (TPSA) is 41.4 Å². The van der Waals surface area contributed by atoms with Gasteiger partial charge in [-0.25, -0.2) is 15.0 Å². The molecule has 0 aliphatic carbocycles. The van der Waals surface area contributed by atoms with E-state index in [-0.39, 0.29) is 6.04 Å². The van der Waals surface area contributed by atoms with Gasteiger partial charge >= 0.3 is 0 Å². The minimum Gasteiger partial charge on any atom is -0.223 e. The lowest BCUT2D eigenvalue weighted by Crippen LogP contribution is -2.21. The zero-order valence-electron chi connectivity index (χ0n) is 19.6. The molecule has 1 aliphatic rings. The van der Waals surface area contributed by atoms with Crippen LogP contribution in [0.5, 0.6) is 0 Å². The third-order valence-electron chi connectivity index (χ3n) is 6.41. The fourth-order valence-corrected chi connectivity index (χ4v) is 4.94. The van der Waals surface area contributed by atoms with Crippen molar-refractivity contribution < 1.29 is 0 Å². The Hall–Kier alpha value is -3.73. The highest BCUT2D eigenvalue weighted by Crippen LogP contribution is 2.38. The zero-order chi connectivity index (χ0) is 24.6. The van der Waals surface area contributed by atoms with Crippen LogP contribution in [0.1, 0.15) is 29.2 Å². The van der Waals surface area contributed by atoms with Gasteiger partial charge in [-0.1, -0.05) is 95.5 Å². The van der Waals surface area contributed by atoms with E-state index in [2.05, 4.69) is 43.3 Å². The molecule has 6 rings (SSSR count). The minimum absolute atomic E-state index is 0.0637. The van der Waals surface area contributed by atoms with Crippen molar-refractivity contribution in [2.45, 2.75) is 19.4 Å². The van der Waals surface area contributed by atoms with E-state index >= 15 is 0 Å². The molecular weight excluding hydrogens is 487 g/mol. The Balaban J connectivity index is 1.54. The van der Waals surface area contributed by atoms with E-state index in [0.29, 0.717) is 16.0 Å². The highest BCUT2D eigenvalue weighted by molar-refractivity contribution is 6.31. The second-order valence-corrected chi connectivity index (χ2v) is 9.80. The fraction of sp³-hybridized carbons (Fsp3) is 0.100. The van der Waals surface area contributed by atoms with Crippen LogP contribution in [0.4, 0.5) is 5.95 Å². The summed E-state index contributed by atoms with van der Waals surface area (Å²) in [7, 11) is 0. The average molecular weight is 509 g/mol. The summed E-state index contributed by atoms with van der Waals surface area (Å²) in [6, 6.07) is 32.1. The van der Waals surface area contributed by atoms with Gasteiger partial charge in [-0.3, -0.25) is 0 Å². The Morgan fingerprint density at radius 3 is 2.28 bits per heavy atom. The lowest BCUT2D eigenvalue weighted by molar-refractivity contribution is 0.689. The molecule has 0 unspecified atom stereocenters. The largest absolute Gasteiger partial charge is 0.247 e. The molecule has 0 saturated carbocycles. The van der Waals surface area contributed by atoms with Crippen molar-refractivity contribution in [3.63, 3.8) is 0 Å². The van der Waals surface area contributed by atoms with Crippen LogP contribution < -0.4 is 5.01 Å². The first-order valence-corrected chi connectivity index (χ1v) is 12.5. The second-order valence-electron chi connectivity index (χ2n) is 8.93. The molecule has 36 heavy (non-hydrogen) atoms. The molecule has 0 bridgehead atoms. The van der Waals surface area contributed by atoms with E-state index in [0.717, 1.165) is 45.4 Å². The molecule has 6 heteroatoms. The summed E-state index contributed by atoms with van der Waals surface area (Å²) in [4.78, 5) is 10.0. The number of nitrogens with zero attached hydrogens (tertiary/aromatic N) is 4. The van der Waals surface area contributed by atoms with Gasteiger partial charge in [0.2, 0.25) is 5.95 Å². The van der Waals surface area contributed by atoms with Crippen molar-refractivity contribution in [1.29, 1.82) is 0 Å². The Bertz CT molecular complexity index is 1600. The predicted molar refractivity (Wildman–Crippen MR) is 149 cm³/mol. The number of fused-ring (bicyclic) bond motifs is 1. The standard InChI is InChI=1S/C30H22Cl2N4/c1-19-6-5-9-22(16-19)27-18-28(20-10-12-23(31)13-11-20)36(35-27)30-33-26-15-14-24(32)17-25(26)29(34-30)21-7-3-2-4-8-21/h2-17,28H,18H2,1H3/t28-/m1/s1. The number of aromatic nitrogens is 2. The first kappa shape index (κ1) is 22.7. The Morgan fingerprint density at radius 2 is 1.50 bits per heavy atom. The molecule has 0 spiro atoms. The van der Waals surface area contributed by atoms with E-state index in [9.17, 15) is 0 Å². The molecule has 5 aromatic rings. The summed E-state index contributed by atoms with van der Waals surface area (Å²) >= 11 is 12.6. The average Bonchev–Trinajstić information content (AvgIpc) is 3.35. The van der Waals surface area contributed by atoms with Gasteiger partial charge in [0.15, 0.2) is 0 Å². The number of aryl methyl sites for hydroxylation is 1. The van der Waals surface area contributed by atoms with Crippen molar-refractivity contribution in [3.05, 3.63) is 124 Å². The van der Waals surface area contributed by atoms with Crippen molar-refractivity contribution in [2.75, 3.05) is 5.01 Å². The Morgan fingerprint density at radius 1 is 0.750 bits per heavy atom. The highest BCUT2D eigenvalue weighted by Gasteiger charge is 2.32. The van der Waals surface area contributed by atoms with Crippen LogP contribution in [0.25, 0.3) is 22.2 Å². The molecule has 0 fully saturated rings.